The minimum Gasteiger partial charge on any atom is -0.480 e. The quantitative estimate of drug-likeness (QED) is 0.686. The number of hydrogen-bond acceptors (Lipinski definition) is 2. The average Bonchev–Trinajstić information content (AvgIpc) is 2.96. The second-order valence-electron chi connectivity index (χ2n) is 6.34. The van der Waals surface area contributed by atoms with Crippen LogP contribution in [-0.4, -0.2) is 28.7 Å². The fourth-order valence-electron chi connectivity index (χ4n) is 3.27. The molecule has 142 valence electrons. The molecule has 4 nitrogen and oxygen atoms in total. The van der Waals surface area contributed by atoms with Crippen molar-refractivity contribution in [1.82, 2.24) is 9.88 Å². The maximum absolute atomic E-state index is 13.3. The molecular weight excluding hydrogens is 357 g/mol. The first-order valence-electron chi connectivity index (χ1n) is 8.43. The molecule has 0 aliphatic rings. The number of likely N-dealkylation sites (N-methyl/N-ethyl adjacent to an activating group) is 1. The van der Waals surface area contributed by atoms with Gasteiger partial charge in [0.15, 0.2) is 0 Å². The average molecular weight is 376 g/mol. The Morgan fingerprint density at radius 2 is 1.78 bits per heavy atom. The lowest BCUT2D eigenvalue weighted by molar-refractivity contribution is -0.139. The molecule has 3 rings (SSSR count). The van der Waals surface area contributed by atoms with Crippen molar-refractivity contribution in [2.45, 2.75) is 25.2 Å². The molecule has 0 radical (unpaired) electrons. The van der Waals surface area contributed by atoms with Crippen LogP contribution >= 0.6 is 0 Å². The Labute approximate surface area is 154 Å². The summed E-state index contributed by atoms with van der Waals surface area (Å²) in [5.41, 5.74) is 1.05. The molecule has 7 heteroatoms. The van der Waals surface area contributed by atoms with Crippen molar-refractivity contribution in [2.24, 2.45) is 0 Å². The summed E-state index contributed by atoms with van der Waals surface area (Å²) < 4.78 is 41.6. The minimum absolute atomic E-state index is 0.0491. The number of carboxylic acids is 1. The highest BCUT2D eigenvalue weighted by molar-refractivity contribution is 5.85. The summed E-state index contributed by atoms with van der Waals surface area (Å²) in [5, 5.41) is 12.9. The van der Waals surface area contributed by atoms with Gasteiger partial charge in [0.25, 0.3) is 0 Å². The number of alkyl halides is 3. The standard InChI is InChI=1S/C20H19F3N2O2/c1-24-17(19(26)27)10-14-12-25(18-9-5-3-7-15(14)18)11-13-6-2-4-8-16(13)20(21,22)23/h2-9,12,17,24H,10-11H2,1H3,(H,26,27). The van der Waals surface area contributed by atoms with Crippen LogP contribution in [0.15, 0.2) is 54.7 Å². The smallest absolute Gasteiger partial charge is 0.416 e. The van der Waals surface area contributed by atoms with Gasteiger partial charge in [-0.05, 0) is 30.3 Å². The first kappa shape index (κ1) is 19.0. The molecule has 1 heterocycles. The van der Waals surface area contributed by atoms with Crippen molar-refractivity contribution in [3.8, 4) is 0 Å². The first-order chi connectivity index (χ1) is 12.8. The molecule has 2 N–H and O–H groups in total. The number of benzene rings is 2. The Kier molecular flexibility index (Phi) is 5.23. The van der Waals surface area contributed by atoms with Gasteiger partial charge in [-0.3, -0.25) is 4.79 Å². The number of rotatable bonds is 6. The van der Waals surface area contributed by atoms with Gasteiger partial charge in [0.1, 0.15) is 6.04 Å². The molecule has 27 heavy (non-hydrogen) atoms. The van der Waals surface area contributed by atoms with E-state index in [1.165, 1.54) is 12.1 Å². The van der Waals surface area contributed by atoms with E-state index in [0.717, 1.165) is 22.5 Å². The third kappa shape index (κ3) is 3.98. The predicted octanol–water partition coefficient (Wildman–Crippen LogP) is 3.92. The van der Waals surface area contributed by atoms with Gasteiger partial charge in [0.05, 0.1) is 5.56 Å². The first-order valence-corrected chi connectivity index (χ1v) is 8.43. The molecule has 3 aromatic rings. The maximum atomic E-state index is 13.3. The molecule has 1 aromatic heterocycles. The topological polar surface area (TPSA) is 54.3 Å². The van der Waals surface area contributed by atoms with Crippen LogP contribution in [0, 0.1) is 0 Å². The predicted molar refractivity (Wildman–Crippen MR) is 96.7 cm³/mol. The van der Waals surface area contributed by atoms with Crippen molar-refractivity contribution in [2.75, 3.05) is 7.05 Å². The zero-order chi connectivity index (χ0) is 19.6. The number of halogens is 3. The molecule has 0 amide bonds. The van der Waals surface area contributed by atoms with Crippen LogP contribution in [0.25, 0.3) is 10.9 Å². The Balaban J connectivity index is 2.03. The summed E-state index contributed by atoms with van der Waals surface area (Å²) in [6.07, 6.45) is -2.45. The van der Waals surface area contributed by atoms with Crippen LogP contribution in [-0.2, 0) is 23.9 Å². The summed E-state index contributed by atoms with van der Waals surface area (Å²) in [7, 11) is 1.57. The third-order valence-corrected chi connectivity index (χ3v) is 4.61. The van der Waals surface area contributed by atoms with Gasteiger partial charge in [-0.25, -0.2) is 0 Å². The maximum Gasteiger partial charge on any atom is 0.416 e. The molecule has 0 saturated carbocycles. The van der Waals surface area contributed by atoms with Gasteiger partial charge in [0.2, 0.25) is 0 Å². The van der Waals surface area contributed by atoms with Gasteiger partial charge >= 0.3 is 12.1 Å². The van der Waals surface area contributed by atoms with Gasteiger partial charge < -0.3 is 15.0 Å². The molecule has 1 unspecified atom stereocenters. The highest BCUT2D eigenvalue weighted by atomic mass is 19.4. The Hall–Kier alpha value is -2.80. The monoisotopic (exact) mass is 376 g/mol. The fourth-order valence-corrected chi connectivity index (χ4v) is 3.27. The fraction of sp³-hybridized carbons (Fsp3) is 0.250. The number of nitrogens with zero attached hydrogens (tertiary/aromatic N) is 1. The van der Waals surface area contributed by atoms with Crippen LogP contribution in [0.2, 0.25) is 0 Å². The van der Waals surface area contributed by atoms with Crippen molar-refractivity contribution < 1.29 is 23.1 Å². The Morgan fingerprint density at radius 3 is 2.44 bits per heavy atom. The summed E-state index contributed by atoms with van der Waals surface area (Å²) >= 11 is 0. The lowest BCUT2D eigenvalue weighted by atomic mass is 10.1. The van der Waals surface area contributed by atoms with Gasteiger partial charge in [-0.1, -0.05) is 36.4 Å². The van der Waals surface area contributed by atoms with E-state index in [1.54, 1.807) is 23.9 Å². The number of para-hydroxylation sites is 1. The largest absolute Gasteiger partial charge is 0.480 e. The molecule has 0 bridgehead atoms. The summed E-state index contributed by atoms with van der Waals surface area (Å²) in [4.78, 5) is 11.3. The van der Waals surface area contributed by atoms with Crippen molar-refractivity contribution in [3.63, 3.8) is 0 Å². The lowest BCUT2D eigenvalue weighted by Gasteiger charge is -2.14. The number of carbonyl (C=O) groups is 1. The van der Waals surface area contributed by atoms with Gasteiger partial charge in [-0.15, -0.1) is 0 Å². The second-order valence-corrected chi connectivity index (χ2v) is 6.34. The molecule has 0 spiro atoms. The number of fused-ring (bicyclic) bond motifs is 1. The number of nitrogens with one attached hydrogen (secondary N) is 1. The van der Waals surface area contributed by atoms with E-state index in [0.29, 0.717) is 0 Å². The van der Waals surface area contributed by atoms with Crippen molar-refractivity contribution in [1.29, 1.82) is 0 Å². The van der Waals surface area contributed by atoms with Crippen LogP contribution in [0.4, 0.5) is 13.2 Å². The molecular formula is C20H19F3N2O2. The number of aliphatic carboxylic acids is 1. The van der Waals surface area contributed by atoms with Crippen LogP contribution in [0.1, 0.15) is 16.7 Å². The van der Waals surface area contributed by atoms with E-state index in [1.807, 2.05) is 24.3 Å². The summed E-state index contributed by atoms with van der Waals surface area (Å²) in [6, 6.07) is 12.0. The number of hydrogen-bond donors (Lipinski definition) is 2. The van der Waals surface area contributed by atoms with Crippen molar-refractivity contribution >= 4 is 16.9 Å². The summed E-state index contributed by atoms with van der Waals surface area (Å²) in [6.45, 7) is 0.0491. The molecule has 0 saturated heterocycles. The third-order valence-electron chi connectivity index (χ3n) is 4.61. The normalized spacial score (nSPS) is 13.0. The molecule has 0 fully saturated rings. The molecule has 1 atom stereocenters. The van der Waals surface area contributed by atoms with Crippen LogP contribution < -0.4 is 5.32 Å². The highest BCUT2D eigenvalue weighted by Crippen LogP contribution is 2.33. The van der Waals surface area contributed by atoms with E-state index in [-0.39, 0.29) is 18.5 Å². The van der Waals surface area contributed by atoms with E-state index in [2.05, 4.69) is 5.32 Å². The van der Waals surface area contributed by atoms with Crippen LogP contribution in [0.5, 0.6) is 0 Å². The van der Waals surface area contributed by atoms with Crippen LogP contribution in [0.3, 0.4) is 0 Å². The lowest BCUT2D eigenvalue weighted by Crippen LogP contribution is -2.35. The van der Waals surface area contributed by atoms with Gasteiger partial charge in [-0.2, -0.15) is 13.2 Å². The zero-order valence-electron chi connectivity index (χ0n) is 14.6. The van der Waals surface area contributed by atoms with Crippen molar-refractivity contribution in [3.05, 3.63) is 71.4 Å². The van der Waals surface area contributed by atoms with E-state index in [9.17, 15) is 23.1 Å². The van der Waals surface area contributed by atoms with E-state index in [4.69, 9.17) is 0 Å². The van der Waals surface area contributed by atoms with Gasteiger partial charge in [0, 0.05) is 30.1 Å². The Bertz CT molecular complexity index is 963. The SMILES string of the molecule is CNC(Cc1cn(Cc2ccccc2C(F)(F)F)c2ccccc12)C(=O)O. The number of carboxylic acid groups (broad SMARTS) is 1. The number of aromatic nitrogens is 1. The molecule has 2 aromatic carbocycles. The zero-order valence-corrected chi connectivity index (χ0v) is 14.6. The molecule has 0 aliphatic carbocycles. The Morgan fingerprint density at radius 1 is 1.11 bits per heavy atom. The van der Waals surface area contributed by atoms with E-state index >= 15 is 0 Å². The second kappa shape index (κ2) is 7.44. The highest BCUT2D eigenvalue weighted by Gasteiger charge is 2.33. The van der Waals surface area contributed by atoms with E-state index < -0.39 is 23.8 Å². The molecule has 0 aliphatic heterocycles. The minimum atomic E-state index is -4.43. The summed E-state index contributed by atoms with van der Waals surface area (Å²) in [5.74, 6) is -0.975.